The molecule has 0 aliphatic rings. The number of hydrogen-bond donors (Lipinski definition) is 0. The third-order valence-electron chi connectivity index (χ3n) is 1.35. The van der Waals surface area contributed by atoms with Crippen molar-refractivity contribution >= 4 is 17.5 Å². The highest BCUT2D eigenvalue weighted by Gasteiger charge is 2.06. The van der Waals surface area contributed by atoms with E-state index in [4.69, 9.17) is 0 Å². The maximum absolute atomic E-state index is 11.3. The van der Waals surface area contributed by atoms with Gasteiger partial charge in [0, 0.05) is 24.6 Å². The van der Waals surface area contributed by atoms with Gasteiger partial charge in [-0.15, -0.1) is 0 Å². The van der Waals surface area contributed by atoms with Crippen LogP contribution in [0, 0.1) is 0 Å². The summed E-state index contributed by atoms with van der Waals surface area (Å²) < 4.78 is 0. The number of carbonyl (C=O) groups is 1. The van der Waals surface area contributed by atoms with Crippen LogP contribution in [0.1, 0.15) is 17.0 Å². The summed E-state index contributed by atoms with van der Waals surface area (Å²) in [4.78, 5) is 19.0. The van der Waals surface area contributed by atoms with Crippen LogP contribution in [0.4, 0.5) is 0 Å². The SMILES string of the molecule is CSCCC(=O)c1ncccn1. The van der Waals surface area contributed by atoms with Gasteiger partial charge in [-0.3, -0.25) is 4.79 Å². The third kappa shape index (κ3) is 2.62. The second-order valence-corrected chi connectivity index (χ2v) is 3.22. The monoisotopic (exact) mass is 182 g/mol. The fourth-order valence-electron chi connectivity index (χ4n) is 0.750. The summed E-state index contributed by atoms with van der Waals surface area (Å²) in [5.41, 5.74) is 0. The molecule has 4 heteroatoms. The van der Waals surface area contributed by atoms with Gasteiger partial charge in [0.05, 0.1) is 0 Å². The first kappa shape index (κ1) is 9.19. The lowest BCUT2D eigenvalue weighted by atomic mass is 10.3. The van der Waals surface area contributed by atoms with Gasteiger partial charge in [0.25, 0.3) is 0 Å². The predicted molar refractivity (Wildman–Crippen MR) is 49.4 cm³/mol. The van der Waals surface area contributed by atoms with Crippen LogP contribution in [-0.4, -0.2) is 27.8 Å². The highest BCUT2D eigenvalue weighted by Crippen LogP contribution is 2.00. The molecule has 12 heavy (non-hydrogen) atoms. The van der Waals surface area contributed by atoms with Crippen LogP contribution >= 0.6 is 11.8 Å². The van der Waals surface area contributed by atoms with Gasteiger partial charge in [0.15, 0.2) is 5.82 Å². The van der Waals surface area contributed by atoms with Crippen molar-refractivity contribution in [3.63, 3.8) is 0 Å². The molecule has 1 aromatic rings. The number of ketones is 1. The van der Waals surface area contributed by atoms with Crippen molar-refractivity contribution in [3.05, 3.63) is 24.3 Å². The minimum Gasteiger partial charge on any atom is -0.291 e. The topological polar surface area (TPSA) is 42.9 Å². The molecule has 0 atom stereocenters. The molecule has 1 rings (SSSR count). The molecule has 0 aliphatic carbocycles. The van der Waals surface area contributed by atoms with E-state index in [-0.39, 0.29) is 5.78 Å². The molecule has 0 radical (unpaired) electrons. The lowest BCUT2D eigenvalue weighted by Gasteiger charge is -1.95. The summed E-state index contributed by atoms with van der Waals surface area (Å²) in [6.07, 6.45) is 5.66. The van der Waals surface area contributed by atoms with Gasteiger partial charge in [-0.1, -0.05) is 0 Å². The van der Waals surface area contributed by atoms with E-state index in [0.717, 1.165) is 5.75 Å². The average Bonchev–Trinajstić information content (AvgIpc) is 2.15. The Hall–Kier alpha value is -0.900. The Morgan fingerprint density at radius 1 is 1.50 bits per heavy atom. The second-order valence-electron chi connectivity index (χ2n) is 2.24. The molecule has 1 aromatic heterocycles. The van der Waals surface area contributed by atoms with Gasteiger partial charge < -0.3 is 0 Å². The van der Waals surface area contributed by atoms with Gasteiger partial charge in [0.2, 0.25) is 5.78 Å². The summed E-state index contributed by atoms with van der Waals surface area (Å²) >= 11 is 1.65. The molecule has 0 N–H and O–H groups in total. The molecule has 0 saturated heterocycles. The Morgan fingerprint density at radius 2 is 2.17 bits per heavy atom. The molecule has 0 saturated carbocycles. The maximum Gasteiger partial charge on any atom is 0.200 e. The van der Waals surface area contributed by atoms with E-state index in [1.165, 1.54) is 0 Å². The van der Waals surface area contributed by atoms with E-state index in [2.05, 4.69) is 9.97 Å². The molecule has 0 bridgehead atoms. The van der Waals surface area contributed by atoms with Gasteiger partial charge in [0.1, 0.15) is 0 Å². The highest BCUT2D eigenvalue weighted by molar-refractivity contribution is 7.98. The van der Waals surface area contributed by atoms with Crippen molar-refractivity contribution in [2.45, 2.75) is 6.42 Å². The van der Waals surface area contributed by atoms with Gasteiger partial charge in [-0.05, 0) is 12.3 Å². The minimum atomic E-state index is 0.0185. The fraction of sp³-hybridized carbons (Fsp3) is 0.375. The van der Waals surface area contributed by atoms with Crippen LogP contribution in [0.5, 0.6) is 0 Å². The van der Waals surface area contributed by atoms with E-state index < -0.39 is 0 Å². The summed E-state index contributed by atoms with van der Waals surface area (Å²) in [6.45, 7) is 0. The Labute approximate surface area is 75.6 Å². The first-order valence-corrected chi connectivity index (χ1v) is 5.03. The summed E-state index contributed by atoms with van der Waals surface area (Å²) in [7, 11) is 0. The van der Waals surface area contributed by atoms with Crippen LogP contribution < -0.4 is 0 Å². The second kappa shape index (κ2) is 4.87. The van der Waals surface area contributed by atoms with Crippen LogP contribution in [0.2, 0.25) is 0 Å². The number of carbonyl (C=O) groups excluding carboxylic acids is 1. The molecule has 0 fully saturated rings. The lowest BCUT2D eigenvalue weighted by Crippen LogP contribution is -2.05. The molecule has 1 heterocycles. The number of hydrogen-bond acceptors (Lipinski definition) is 4. The largest absolute Gasteiger partial charge is 0.291 e. The average molecular weight is 182 g/mol. The van der Waals surface area contributed by atoms with E-state index in [1.54, 1.807) is 30.2 Å². The van der Waals surface area contributed by atoms with Gasteiger partial charge >= 0.3 is 0 Å². The molecule has 0 amide bonds. The van der Waals surface area contributed by atoms with Crippen LogP contribution in [-0.2, 0) is 0 Å². The summed E-state index contributed by atoms with van der Waals surface area (Å²) in [5.74, 6) is 1.17. The molecule has 0 unspecified atom stereocenters. The smallest absolute Gasteiger partial charge is 0.200 e. The zero-order valence-electron chi connectivity index (χ0n) is 6.86. The number of thioether (sulfide) groups is 1. The Kier molecular flexibility index (Phi) is 3.73. The Bertz CT molecular complexity index is 250. The standard InChI is InChI=1S/C8H10N2OS/c1-12-6-3-7(11)8-9-4-2-5-10-8/h2,4-5H,3,6H2,1H3. The van der Waals surface area contributed by atoms with E-state index in [0.29, 0.717) is 12.2 Å². The zero-order valence-corrected chi connectivity index (χ0v) is 7.67. The molecule has 3 nitrogen and oxygen atoms in total. The zero-order chi connectivity index (χ0) is 8.81. The minimum absolute atomic E-state index is 0.0185. The molecular formula is C8H10N2OS. The Balaban J connectivity index is 2.54. The molecule has 64 valence electrons. The number of nitrogens with zero attached hydrogens (tertiary/aromatic N) is 2. The van der Waals surface area contributed by atoms with E-state index in [9.17, 15) is 4.79 Å². The maximum atomic E-state index is 11.3. The molecule has 0 aromatic carbocycles. The molecule has 0 aliphatic heterocycles. The first-order chi connectivity index (χ1) is 5.84. The van der Waals surface area contributed by atoms with Crippen LogP contribution in [0.25, 0.3) is 0 Å². The molecular weight excluding hydrogens is 172 g/mol. The Morgan fingerprint density at radius 3 is 2.75 bits per heavy atom. The normalized spacial score (nSPS) is 9.75. The van der Waals surface area contributed by atoms with Crippen molar-refractivity contribution in [2.75, 3.05) is 12.0 Å². The van der Waals surface area contributed by atoms with Crippen molar-refractivity contribution in [3.8, 4) is 0 Å². The molecule has 0 spiro atoms. The first-order valence-electron chi connectivity index (χ1n) is 3.63. The van der Waals surface area contributed by atoms with Crippen molar-refractivity contribution in [2.24, 2.45) is 0 Å². The van der Waals surface area contributed by atoms with Crippen molar-refractivity contribution in [1.82, 2.24) is 9.97 Å². The fourth-order valence-corrected chi connectivity index (χ4v) is 1.14. The summed E-state index contributed by atoms with van der Waals surface area (Å²) in [5, 5.41) is 0. The van der Waals surface area contributed by atoms with Gasteiger partial charge in [-0.25, -0.2) is 9.97 Å². The number of aromatic nitrogens is 2. The van der Waals surface area contributed by atoms with Gasteiger partial charge in [-0.2, -0.15) is 11.8 Å². The lowest BCUT2D eigenvalue weighted by molar-refractivity contribution is 0.0979. The van der Waals surface area contributed by atoms with E-state index in [1.807, 2.05) is 6.26 Å². The summed E-state index contributed by atoms with van der Waals surface area (Å²) in [6, 6.07) is 1.70. The number of Topliss-reactive ketones (excluding diaryl/α,β-unsaturated/α-hetero) is 1. The van der Waals surface area contributed by atoms with Crippen LogP contribution in [0.15, 0.2) is 18.5 Å². The number of rotatable bonds is 4. The predicted octanol–water partition coefficient (Wildman–Crippen LogP) is 1.41. The van der Waals surface area contributed by atoms with Crippen LogP contribution in [0.3, 0.4) is 0 Å². The third-order valence-corrected chi connectivity index (χ3v) is 1.96. The van der Waals surface area contributed by atoms with Crippen molar-refractivity contribution < 1.29 is 4.79 Å². The quantitative estimate of drug-likeness (QED) is 0.660. The van der Waals surface area contributed by atoms with Crippen molar-refractivity contribution in [1.29, 1.82) is 0 Å². The highest BCUT2D eigenvalue weighted by atomic mass is 32.2. The van der Waals surface area contributed by atoms with E-state index >= 15 is 0 Å².